The van der Waals surface area contributed by atoms with E-state index in [1.54, 1.807) is 46.6 Å². The Morgan fingerprint density at radius 3 is 2.87 bits per heavy atom. The SMILES string of the molecule is Nc1cc(C(=O)I)c(-c2cncs2)cn1. The summed E-state index contributed by atoms with van der Waals surface area (Å²) in [6.07, 6.45) is 3.32. The number of nitrogens with two attached hydrogens (primary N) is 1. The minimum atomic E-state index is -0.0508. The Kier molecular flexibility index (Phi) is 2.96. The van der Waals surface area contributed by atoms with E-state index < -0.39 is 0 Å². The van der Waals surface area contributed by atoms with Gasteiger partial charge in [0, 0.05) is 46.1 Å². The normalized spacial score (nSPS) is 10.2. The number of carbonyl (C=O) groups is 1. The molecule has 0 aromatic carbocycles. The van der Waals surface area contributed by atoms with E-state index in [2.05, 4.69) is 9.97 Å². The highest BCUT2D eigenvalue weighted by Crippen LogP contribution is 2.28. The summed E-state index contributed by atoms with van der Waals surface area (Å²) < 4.78 is -0.0508. The second kappa shape index (κ2) is 4.23. The predicted molar refractivity (Wildman–Crippen MR) is 68.1 cm³/mol. The molecule has 0 amide bonds. The molecule has 2 aromatic rings. The number of nitrogen functional groups attached to an aromatic ring is 1. The van der Waals surface area contributed by atoms with Crippen molar-refractivity contribution in [2.45, 2.75) is 0 Å². The van der Waals surface area contributed by atoms with E-state index in [0.29, 0.717) is 11.4 Å². The van der Waals surface area contributed by atoms with Crippen LogP contribution in [0, 0.1) is 0 Å². The molecule has 4 nitrogen and oxygen atoms in total. The molecule has 0 atom stereocenters. The van der Waals surface area contributed by atoms with Crippen LogP contribution in [0.15, 0.2) is 24.0 Å². The molecule has 0 bridgehead atoms. The fourth-order valence-corrected chi connectivity index (χ4v) is 2.27. The molecule has 0 saturated heterocycles. The van der Waals surface area contributed by atoms with Crippen LogP contribution in [-0.2, 0) is 0 Å². The quantitative estimate of drug-likeness (QED) is 0.678. The lowest BCUT2D eigenvalue weighted by Gasteiger charge is -2.03. The standard InChI is InChI=1S/C9H6IN3OS/c10-9(14)5-1-8(11)13-2-6(5)7-3-12-4-15-7/h1-4H,(H2,11,13). The highest BCUT2D eigenvalue weighted by Gasteiger charge is 2.12. The minimum Gasteiger partial charge on any atom is -0.384 e. The first-order chi connectivity index (χ1) is 7.18. The summed E-state index contributed by atoms with van der Waals surface area (Å²) in [4.78, 5) is 20.3. The lowest BCUT2D eigenvalue weighted by molar-refractivity contribution is 0.110. The number of hydrogen-bond donors (Lipinski definition) is 1. The summed E-state index contributed by atoms with van der Waals surface area (Å²) in [6.45, 7) is 0. The summed E-state index contributed by atoms with van der Waals surface area (Å²) in [5.41, 5.74) is 8.61. The van der Waals surface area contributed by atoms with Crippen molar-refractivity contribution in [3.63, 3.8) is 0 Å². The third-order valence-electron chi connectivity index (χ3n) is 1.83. The monoisotopic (exact) mass is 331 g/mol. The van der Waals surface area contributed by atoms with Crippen LogP contribution < -0.4 is 5.73 Å². The van der Waals surface area contributed by atoms with Crippen LogP contribution in [0.1, 0.15) is 10.4 Å². The fourth-order valence-electron chi connectivity index (χ4n) is 1.18. The summed E-state index contributed by atoms with van der Waals surface area (Å²) in [5, 5.41) is 0. The van der Waals surface area contributed by atoms with Crippen LogP contribution in [-0.4, -0.2) is 13.8 Å². The van der Waals surface area contributed by atoms with Gasteiger partial charge in [-0.05, 0) is 6.07 Å². The largest absolute Gasteiger partial charge is 0.384 e. The first-order valence-corrected chi connectivity index (χ1v) is 5.98. The zero-order chi connectivity index (χ0) is 10.8. The van der Waals surface area contributed by atoms with E-state index in [0.717, 1.165) is 10.4 Å². The van der Waals surface area contributed by atoms with Gasteiger partial charge in [-0.3, -0.25) is 9.78 Å². The van der Waals surface area contributed by atoms with Gasteiger partial charge in [0.05, 0.1) is 10.4 Å². The van der Waals surface area contributed by atoms with Gasteiger partial charge in [-0.15, -0.1) is 11.3 Å². The number of halogens is 1. The number of hydrogen-bond acceptors (Lipinski definition) is 5. The van der Waals surface area contributed by atoms with Gasteiger partial charge < -0.3 is 5.73 Å². The molecular formula is C9H6IN3OS. The van der Waals surface area contributed by atoms with Gasteiger partial charge >= 0.3 is 0 Å². The topological polar surface area (TPSA) is 68.9 Å². The molecule has 0 saturated carbocycles. The highest BCUT2D eigenvalue weighted by molar-refractivity contribution is 14.1. The number of carbonyl (C=O) groups excluding carboxylic acids is 1. The van der Waals surface area contributed by atoms with Gasteiger partial charge in [0.15, 0.2) is 0 Å². The van der Waals surface area contributed by atoms with Crippen molar-refractivity contribution in [1.82, 2.24) is 9.97 Å². The molecule has 0 aliphatic heterocycles. The number of rotatable bonds is 2. The molecule has 0 aliphatic rings. The van der Waals surface area contributed by atoms with Crippen molar-refractivity contribution in [3.8, 4) is 10.4 Å². The van der Waals surface area contributed by atoms with E-state index in [1.165, 1.54) is 11.3 Å². The van der Waals surface area contributed by atoms with E-state index in [1.807, 2.05) is 0 Å². The molecule has 6 heteroatoms. The smallest absolute Gasteiger partial charge is 0.223 e. The van der Waals surface area contributed by atoms with E-state index in [4.69, 9.17) is 5.73 Å². The van der Waals surface area contributed by atoms with Gasteiger partial charge in [-0.25, -0.2) is 4.98 Å². The Bertz CT molecular complexity index is 498. The molecule has 2 heterocycles. The molecule has 76 valence electrons. The number of thiazole rings is 1. The lowest BCUT2D eigenvalue weighted by atomic mass is 10.1. The average molecular weight is 331 g/mol. The maximum atomic E-state index is 11.4. The molecule has 0 aliphatic carbocycles. The van der Waals surface area contributed by atoms with E-state index >= 15 is 0 Å². The summed E-state index contributed by atoms with van der Waals surface area (Å²) in [6, 6.07) is 1.59. The average Bonchev–Trinajstić information content (AvgIpc) is 2.70. The van der Waals surface area contributed by atoms with Crippen LogP contribution >= 0.6 is 33.9 Å². The van der Waals surface area contributed by atoms with Crippen LogP contribution in [0.3, 0.4) is 0 Å². The zero-order valence-electron chi connectivity index (χ0n) is 7.48. The maximum absolute atomic E-state index is 11.4. The van der Waals surface area contributed by atoms with Crippen LogP contribution in [0.4, 0.5) is 5.82 Å². The third-order valence-corrected chi connectivity index (χ3v) is 3.22. The Labute approximate surface area is 104 Å². The first kappa shape index (κ1) is 10.5. The Hall–Kier alpha value is -1.02. The summed E-state index contributed by atoms with van der Waals surface area (Å²) in [7, 11) is 0. The third kappa shape index (κ3) is 2.15. The summed E-state index contributed by atoms with van der Waals surface area (Å²) in [5.74, 6) is 0.350. The van der Waals surface area contributed by atoms with Crippen molar-refractivity contribution < 1.29 is 4.79 Å². The van der Waals surface area contributed by atoms with Crippen molar-refractivity contribution in [2.75, 3.05) is 5.73 Å². The second-order valence-corrected chi connectivity index (χ2v) is 4.66. The Morgan fingerprint density at radius 2 is 2.27 bits per heavy atom. The number of anilines is 1. The van der Waals surface area contributed by atoms with Crippen LogP contribution in [0.2, 0.25) is 0 Å². The summed E-state index contributed by atoms with van der Waals surface area (Å²) >= 11 is 3.20. The Morgan fingerprint density at radius 1 is 1.47 bits per heavy atom. The Balaban J connectivity index is 2.61. The second-order valence-electron chi connectivity index (χ2n) is 2.79. The van der Waals surface area contributed by atoms with Gasteiger partial charge in [0.1, 0.15) is 5.82 Å². The zero-order valence-corrected chi connectivity index (χ0v) is 10.4. The molecule has 2 rings (SSSR count). The van der Waals surface area contributed by atoms with Crippen molar-refractivity contribution >= 4 is 43.5 Å². The molecule has 0 spiro atoms. The van der Waals surface area contributed by atoms with Gasteiger partial charge in [0.25, 0.3) is 0 Å². The van der Waals surface area contributed by atoms with Gasteiger partial charge in [-0.2, -0.15) is 0 Å². The van der Waals surface area contributed by atoms with Crippen LogP contribution in [0.25, 0.3) is 10.4 Å². The van der Waals surface area contributed by atoms with Crippen molar-refractivity contribution in [2.24, 2.45) is 0 Å². The highest BCUT2D eigenvalue weighted by atomic mass is 127. The number of nitrogens with zero attached hydrogens (tertiary/aromatic N) is 2. The predicted octanol–water partition coefficient (Wildman–Crippen LogP) is 2.36. The van der Waals surface area contributed by atoms with Crippen molar-refractivity contribution in [1.29, 1.82) is 0 Å². The molecular weight excluding hydrogens is 325 g/mol. The van der Waals surface area contributed by atoms with E-state index in [9.17, 15) is 4.79 Å². The molecule has 0 unspecified atom stereocenters. The molecule has 0 radical (unpaired) electrons. The number of pyridine rings is 1. The molecule has 2 N–H and O–H groups in total. The van der Waals surface area contributed by atoms with Crippen molar-refractivity contribution in [3.05, 3.63) is 29.5 Å². The van der Waals surface area contributed by atoms with Crippen LogP contribution in [0.5, 0.6) is 0 Å². The minimum absolute atomic E-state index is 0.0508. The molecule has 15 heavy (non-hydrogen) atoms. The lowest BCUT2D eigenvalue weighted by Crippen LogP contribution is -1.97. The number of aromatic nitrogens is 2. The maximum Gasteiger partial charge on any atom is 0.223 e. The van der Waals surface area contributed by atoms with E-state index in [-0.39, 0.29) is 3.79 Å². The molecule has 2 aromatic heterocycles. The molecule has 0 fully saturated rings. The van der Waals surface area contributed by atoms with Gasteiger partial charge in [-0.1, -0.05) is 0 Å². The first-order valence-electron chi connectivity index (χ1n) is 4.02. The fraction of sp³-hybridized carbons (Fsp3) is 0. The van der Waals surface area contributed by atoms with Gasteiger partial charge in [0.2, 0.25) is 3.79 Å².